The molecule has 0 amide bonds. The number of ketones is 1. The van der Waals surface area contributed by atoms with Crippen LogP contribution in [0.2, 0.25) is 0 Å². The fraction of sp³-hybridized carbons (Fsp3) is 0.188. The molecule has 1 aliphatic heterocycles. The van der Waals surface area contributed by atoms with Crippen molar-refractivity contribution in [2.75, 3.05) is 11.9 Å². The number of rotatable bonds is 3. The average Bonchev–Trinajstić information content (AvgIpc) is 2.46. The van der Waals surface area contributed by atoms with Gasteiger partial charge in [-0.05, 0) is 38.1 Å². The number of allylic oxidation sites excluding steroid dienone is 1. The zero-order valence-corrected chi connectivity index (χ0v) is 12.8. The van der Waals surface area contributed by atoms with Crippen LogP contribution in [-0.4, -0.2) is 35.0 Å². The molecule has 0 saturated heterocycles. The van der Waals surface area contributed by atoms with Gasteiger partial charge in [0.2, 0.25) is 0 Å². The lowest BCUT2D eigenvalue weighted by Crippen LogP contribution is -2.31. The van der Waals surface area contributed by atoms with Crippen molar-refractivity contribution >= 4 is 23.4 Å². The van der Waals surface area contributed by atoms with Crippen molar-refractivity contribution in [3.63, 3.8) is 0 Å². The normalized spacial score (nSPS) is 17.0. The van der Waals surface area contributed by atoms with Crippen LogP contribution in [0.25, 0.3) is 0 Å². The average molecular weight is 317 g/mol. The summed E-state index contributed by atoms with van der Waals surface area (Å²) < 4.78 is 4.53. The molecular formula is C16H15NO6. The number of nitrogens with zero attached hydrogens (tertiary/aromatic N) is 1. The van der Waals surface area contributed by atoms with Gasteiger partial charge in [-0.15, -0.1) is 0 Å². The second-order valence-electron chi connectivity index (χ2n) is 4.99. The van der Waals surface area contributed by atoms with Crippen molar-refractivity contribution in [2.45, 2.75) is 13.8 Å². The van der Waals surface area contributed by atoms with E-state index in [0.717, 1.165) is 6.92 Å². The molecule has 0 saturated carbocycles. The van der Waals surface area contributed by atoms with Gasteiger partial charge in [0.15, 0.2) is 5.78 Å². The summed E-state index contributed by atoms with van der Waals surface area (Å²) >= 11 is 0. The smallest absolute Gasteiger partial charge is 0.353 e. The fourth-order valence-corrected chi connectivity index (χ4v) is 2.17. The highest BCUT2D eigenvalue weighted by molar-refractivity contribution is 6.23. The van der Waals surface area contributed by atoms with Crippen molar-refractivity contribution in [3.05, 3.63) is 46.9 Å². The van der Waals surface area contributed by atoms with Gasteiger partial charge < -0.3 is 19.8 Å². The molecule has 2 N–H and O–H groups in total. The molecule has 0 spiro atoms. The number of ether oxygens (including phenoxy) is 1. The molecule has 0 atom stereocenters. The standard InChI is InChI=1S/C16H15NO6/c1-8(17(3)10-4-6-11(19)7-5-10)12-14(20)13(9(2)18)16(22)23-15(12)21/h4-7,19-20H,1-3H3/b12-8-. The monoisotopic (exact) mass is 317 g/mol. The number of benzene rings is 1. The summed E-state index contributed by atoms with van der Waals surface area (Å²) in [6.45, 7) is 2.63. The third kappa shape index (κ3) is 2.94. The number of phenolic OH excluding ortho intramolecular Hbond substituents is 1. The van der Waals surface area contributed by atoms with Crippen LogP contribution in [0, 0.1) is 0 Å². The van der Waals surface area contributed by atoms with Crippen LogP contribution in [0.15, 0.2) is 46.9 Å². The summed E-state index contributed by atoms with van der Waals surface area (Å²) in [6.07, 6.45) is 0. The summed E-state index contributed by atoms with van der Waals surface area (Å²) in [5, 5.41) is 19.5. The molecule has 7 heteroatoms. The van der Waals surface area contributed by atoms with Crippen molar-refractivity contribution < 1.29 is 29.3 Å². The summed E-state index contributed by atoms with van der Waals surface area (Å²) in [6, 6.07) is 6.13. The largest absolute Gasteiger partial charge is 0.508 e. The van der Waals surface area contributed by atoms with E-state index < -0.39 is 29.1 Å². The zero-order valence-electron chi connectivity index (χ0n) is 12.8. The summed E-state index contributed by atoms with van der Waals surface area (Å²) in [7, 11) is 1.62. The number of carbonyl (C=O) groups excluding carboxylic acids is 3. The second-order valence-corrected chi connectivity index (χ2v) is 4.99. The number of carbonyl (C=O) groups is 3. The Bertz CT molecular complexity index is 757. The summed E-state index contributed by atoms with van der Waals surface area (Å²) in [5.74, 6) is -3.50. The SMILES string of the molecule is CC(=O)C1=C(O)/C(=C(\C)N(C)c2ccc(O)cc2)C(=O)OC1=O. The quantitative estimate of drug-likeness (QED) is 0.377. The number of hydrogen-bond donors (Lipinski definition) is 2. The molecule has 1 aliphatic rings. The fourth-order valence-electron chi connectivity index (χ4n) is 2.17. The van der Waals surface area contributed by atoms with Crippen LogP contribution in [0.1, 0.15) is 13.8 Å². The second kappa shape index (κ2) is 5.96. The molecule has 1 aromatic carbocycles. The van der Waals surface area contributed by atoms with Gasteiger partial charge in [0.05, 0.1) is 0 Å². The maximum absolute atomic E-state index is 11.9. The molecule has 23 heavy (non-hydrogen) atoms. The van der Waals surface area contributed by atoms with Crippen LogP contribution < -0.4 is 4.90 Å². The molecule has 0 bridgehead atoms. The number of hydrogen-bond acceptors (Lipinski definition) is 7. The first kappa shape index (κ1) is 16.3. The van der Waals surface area contributed by atoms with Gasteiger partial charge in [-0.3, -0.25) is 4.79 Å². The van der Waals surface area contributed by atoms with Crippen molar-refractivity contribution in [1.29, 1.82) is 0 Å². The number of cyclic esters (lactones) is 2. The Hall–Kier alpha value is -3.09. The highest BCUT2D eigenvalue weighted by atomic mass is 16.6. The highest BCUT2D eigenvalue weighted by Crippen LogP contribution is 2.28. The maximum Gasteiger partial charge on any atom is 0.353 e. The Balaban J connectivity index is 2.57. The van der Waals surface area contributed by atoms with Gasteiger partial charge >= 0.3 is 11.9 Å². The predicted molar refractivity (Wildman–Crippen MR) is 80.6 cm³/mol. The Kier molecular flexibility index (Phi) is 4.22. The number of anilines is 1. The van der Waals surface area contributed by atoms with E-state index in [0.29, 0.717) is 5.69 Å². The predicted octanol–water partition coefficient (Wildman–Crippen LogP) is 1.59. The van der Waals surface area contributed by atoms with Crippen LogP contribution >= 0.6 is 0 Å². The van der Waals surface area contributed by atoms with E-state index in [2.05, 4.69) is 4.74 Å². The summed E-state index contributed by atoms with van der Waals surface area (Å²) in [5.41, 5.74) is 0.0857. The minimum Gasteiger partial charge on any atom is -0.508 e. The number of aliphatic hydroxyl groups is 1. The third-order valence-corrected chi connectivity index (χ3v) is 3.52. The maximum atomic E-state index is 11.9. The van der Waals surface area contributed by atoms with E-state index in [1.54, 1.807) is 24.1 Å². The third-order valence-electron chi connectivity index (χ3n) is 3.52. The van der Waals surface area contributed by atoms with Gasteiger partial charge in [-0.25, -0.2) is 9.59 Å². The lowest BCUT2D eigenvalue weighted by molar-refractivity contribution is -0.155. The highest BCUT2D eigenvalue weighted by Gasteiger charge is 2.36. The van der Waals surface area contributed by atoms with Crippen LogP contribution in [0.4, 0.5) is 5.69 Å². The summed E-state index contributed by atoms with van der Waals surface area (Å²) in [4.78, 5) is 36.5. The molecule has 2 rings (SSSR count). The van der Waals surface area contributed by atoms with E-state index in [1.807, 2.05) is 0 Å². The molecule has 0 aromatic heterocycles. The number of phenols is 1. The van der Waals surface area contributed by atoms with E-state index in [9.17, 15) is 24.6 Å². The Labute approximate surface area is 132 Å². The van der Waals surface area contributed by atoms with Gasteiger partial charge in [0.25, 0.3) is 0 Å². The minimum atomic E-state index is -1.16. The number of aliphatic hydroxyl groups excluding tert-OH is 1. The van der Waals surface area contributed by atoms with Crippen LogP contribution in [0.3, 0.4) is 0 Å². The van der Waals surface area contributed by atoms with Gasteiger partial charge in [-0.2, -0.15) is 0 Å². The van der Waals surface area contributed by atoms with Gasteiger partial charge in [-0.1, -0.05) is 0 Å². The molecule has 0 fully saturated rings. The number of esters is 2. The topological polar surface area (TPSA) is 104 Å². The molecule has 0 radical (unpaired) electrons. The number of aromatic hydroxyl groups is 1. The zero-order chi connectivity index (χ0) is 17.3. The van der Waals surface area contributed by atoms with Gasteiger partial charge in [0, 0.05) is 18.4 Å². The molecule has 1 aromatic rings. The molecule has 0 aliphatic carbocycles. The molecular weight excluding hydrogens is 302 g/mol. The molecule has 0 unspecified atom stereocenters. The van der Waals surface area contributed by atoms with Crippen molar-refractivity contribution in [2.24, 2.45) is 0 Å². The van der Waals surface area contributed by atoms with Crippen LogP contribution in [-0.2, 0) is 19.1 Å². The van der Waals surface area contributed by atoms with E-state index >= 15 is 0 Å². The lowest BCUT2D eigenvalue weighted by atomic mass is 10.0. The minimum absolute atomic E-state index is 0.0803. The Morgan fingerprint density at radius 2 is 1.61 bits per heavy atom. The van der Waals surface area contributed by atoms with Crippen molar-refractivity contribution in [1.82, 2.24) is 0 Å². The first-order valence-electron chi connectivity index (χ1n) is 6.68. The van der Waals surface area contributed by atoms with E-state index in [4.69, 9.17) is 0 Å². The first-order valence-corrected chi connectivity index (χ1v) is 6.68. The van der Waals surface area contributed by atoms with Crippen molar-refractivity contribution in [3.8, 4) is 5.75 Å². The molecule has 120 valence electrons. The lowest BCUT2D eigenvalue weighted by Gasteiger charge is -2.24. The van der Waals surface area contributed by atoms with Gasteiger partial charge in [0.1, 0.15) is 22.7 Å². The molecule has 1 heterocycles. The van der Waals surface area contributed by atoms with Crippen LogP contribution in [0.5, 0.6) is 5.75 Å². The van der Waals surface area contributed by atoms with E-state index in [1.165, 1.54) is 19.1 Å². The number of Topliss-reactive ketones (excluding diaryl/α,β-unsaturated/α-hetero) is 1. The Morgan fingerprint density at radius 3 is 2.13 bits per heavy atom. The van der Waals surface area contributed by atoms with E-state index in [-0.39, 0.29) is 17.0 Å². The Morgan fingerprint density at radius 1 is 1.04 bits per heavy atom. The first-order chi connectivity index (χ1) is 10.7. The molecule has 7 nitrogen and oxygen atoms in total.